The molecule has 0 radical (unpaired) electrons. The Hall–Kier alpha value is -0.0800. The molecule has 0 saturated carbocycles. The van der Waals surface area contributed by atoms with Crippen LogP contribution in [0, 0.1) is 0 Å². The Morgan fingerprint density at radius 2 is 1.10 bits per heavy atom. The van der Waals surface area contributed by atoms with E-state index in [0.29, 0.717) is 0 Å². The van der Waals surface area contributed by atoms with E-state index >= 15 is 0 Å². The van der Waals surface area contributed by atoms with Gasteiger partial charge in [0.05, 0.1) is 0 Å². The second-order valence-corrected chi connectivity index (χ2v) is 3.31. The van der Waals surface area contributed by atoms with Crippen LogP contribution in [0.1, 0.15) is 12.8 Å². The van der Waals surface area contributed by atoms with E-state index in [4.69, 9.17) is 0 Å². The third-order valence-corrected chi connectivity index (χ3v) is 2.19. The molecular formula is C8H18N2. The second kappa shape index (κ2) is 3.94. The lowest BCUT2D eigenvalue weighted by Gasteiger charge is -2.25. The van der Waals surface area contributed by atoms with Crippen molar-refractivity contribution < 1.29 is 0 Å². The molecule has 0 amide bonds. The number of hydrogen-bond acceptors (Lipinski definition) is 2. The smallest absolute Gasteiger partial charge is 0.0106 e. The lowest BCUT2D eigenvalue weighted by Crippen LogP contribution is -2.34. The standard InChI is InChI=1S/C8H18N2/c1-9-5-3-4-6-10(2)8-7-9/h3-8H2,1-2H3. The summed E-state index contributed by atoms with van der Waals surface area (Å²) in [6.07, 6.45) is 2.72. The summed E-state index contributed by atoms with van der Waals surface area (Å²) in [5.41, 5.74) is 0. The predicted octanol–water partition coefficient (Wildman–Crippen LogP) is 0.644. The van der Waals surface area contributed by atoms with E-state index in [2.05, 4.69) is 23.9 Å². The minimum Gasteiger partial charge on any atom is -0.305 e. The van der Waals surface area contributed by atoms with Gasteiger partial charge in [-0.25, -0.2) is 0 Å². The lowest BCUT2D eigenvalue weighted by atomic mass is 10.2. The zero-order valence-corrected chi connectivity index (χ0v) is 7.14. The average molecular weight is 142 g/mol. The average Bonchev–Trinajstić information content (AvgIpc) is 1.90. The third kappa shape index (κ3) is 2.67. The maximum atomic E-state index is 2.41. The fourth-order valence-electron chi connectivity index (χ4n) is 1.33. The molecule has 10 heavy (non-hydrogen) atoms. The molecule has 0 N–H and O–H groups in total. The van der Waals surface area contributed by atoms with Gasteiger partial charge in [-0.3, -0.25) is 0 Å². The normalized spacial score (nSPS) is 25.8. The van der Waals surface area contributed by atoms with Crippen LogP contribution in [0.3, 0.4) is 0 Å². The third-order valence-electron chi connectivity index (χ3n) is 2.19. The molecule has 0 spiro atoms. The highest BCUT2D eigenvalue weighted by atomic mass is 15.2. The number of rotatable bonds is 0. The Labute approximate surface area is 63.8 Å². The molecule has 1 saturated heterocycles. The van der Waals surface area contributed by atoms with Gasteiger partial charge in [0.1, 0.15) is 0 Å². The molecule has 1 aliphatic rings. The van der Waals surface area contributed by atoms with E-state index in [9.17, 15) is 0 Å². The molecule has 1 aliphatic heterocycles. The molecule has 2 heteroatoms. The van der Waals surface area contributed by atoms with E-state index in [-0.39, 0.29) is 0 Å². The zero-order chi connectivity index (χ0) is 7.40. The monoisotopic (exact) mass is 142 g/mol. The summed E-state index contributed by atoms with van der Waals surface area (Å²) >= 11 is 0. The summed E-state index contributed by atoms with van der Waals surface area (Å²) in [6.45, 7) is 5.04. The van der Waals surface area contributed by atoms with Crippen LogP contribution >= 0.6 is 0 Å². The van der Waals surface area contributed by atoms with Crippen molar-refractivity contribution in [1.29, 1.82) is 0 Å². The Kier molecular flexibility index (Phi) is 3.16. The van der Waals surface area contributed by atoms with Crippen molar-refractivity contribution in [3.8, 4) is 0 Å². The molecule has 1 rings (SSSR count). The van der Waals surface area contributed by atoms with Gasteiger partial charge in [-0.2, -0.15) is 0 Å². The SMILES string of the molecule is CN1CCCCN(C)CC1. The van der Waals surface area contributed by atoms with Crippen LogP contribution in [0.25, 0.3) is 0 Å². The van der Waals surface area contributed by atoms with Gasteiger partial charge in [0.25, 0.3) is 0 Å². The first-order valence-corrected chi connectivity index (χ1v) is 4.16. The molecule has 0 aromatic rings. The summed E-state index contributed by atoms with van der Waals surface area (Å²) in [7, 11) is 4.42. The fraction of sp³-hybridized carbons (Fsp3) is 1.00. The van der Waals surface area contributed by atoms with Gasteiger partial charge < -0.3 is 9.80 Å². The van der Waals surface area contributed by atoms with Crippen molar-refractivity contribution >= 4 is 0 Å². The number of hydrogen-bond donors (Lipinski definition) is 0. The zero-order valence-electron chi connectivity index (χ0n) is 7.14. The van der Waals surface area contributed by atoms with Crippen LogP contribution in [0.4, 0.5) is 0 Å². The maximum absolute atomic E-state index is 2.41. The Balaban J connectivity index is 2.23. The van der Waals surface area contributed by atoms with Crippen LogP contribution in [-0.2, 0) is 0 Å². The van der Waals surface area contributed by atoms with Gasteiger partial charge in [-0.1, -0.05) is 0 Å². The maximum Gasteiger partial charge on any atom is 0.0106 e. The van der Waals surface area contributed by atoms with Crippen LogP contribution < -0.4 is 0 Å². The van der Waals surface area contributed by atoms with Crippen LogP contribution in [0.2, 0.25) is 0 Å². The predicted molar refractivity (Wildman–Crippen MR) is 44.2 cm³/mol. The van der Waals surface area contributed by atoms with Gasteiger partial charge in [0.15, 0.2) is 0 Å². The van der Waals surface area contributed by atoms with E-state index in [1.165, 1.54) is 39.0 Å². The number of nitrogens with zero attached hydrogens (tertiary/aromatic N) is 2. The molecule has 0 unspecified atom stereocenters. The summed E-state index contributed by atoms with van der Waals surface area (Å²) in [5, 5.41) is 0. The molecule has 0 aromatic heterocycles. The van der Waals surface area contributed by atoms with E-state index in [1.54, 1.807) is 0 Å². The molecule has 60 valence electrons. The fourth-order valence-corrected chi connectivity index (χ4v) is 1.33. The largest absolute Gasteiger partial charge is 0.305 e. The summed E-state index contributed by atoms with van der Waals surface area (Å²) in [6, 6.07) is 0. The van der Waals surface area contributed by atoms with Gasteiger partial charge in [-0.05, 0) is 40.0 Å². The van der Waals surface area contributed by atoms with Gasteiger partial charge in [-0.15, -0.1) is 0 Å². The minimum absolute atomic E-state index is 1.23. The van der Waals surface area contributed by atoms with Crippen LogP contribution in [-0.4, -0.2) is 50.1 Å². The van der Waals surface area contributed by atoms with Gasteiger partial charge >= 0.3 is 0 Å². The van der Waals surface area contributed by atoms with Crippen molar-refractivity contribution in [3.05, 3.63) is 0 Å². The van der Waals surface area contributed by atoms with Crippen LogP contribution in [0.5, 0.6) is 0 Å². The van der Waals surface area contributed by atoms with E-state index < -0.39 is 0 Å². The van der Waals surface area contributed by atoms with E-state index in [0.717, 1.165) is 0 Å². The first-order valence-electron chi connectivity index (χ1n) is 4.16. The van der Waals surface area contributed by atoms with E-state index in [1.807, 2.05) is 0 Å². The molecule has 0 bridgehead atoms. The first kappa shape index (κ1) is 8.02. The quantitative estimate of drug-likeness (QED) is 0.490. The molecule has 0 aromatic carbocycles. The molecule has 1 fully saturated rings. The molecule has 0 aliphatic carbocycles. The lowest BCUT2D eigenvalue weighted by molar-refractivity contribution is 0.222. The number of likely N-dealkylation sites (N-methyl/N-ethyl adjacent to an activating group) is 2. The van der Waals surface area contributed by atoms with Gasteiger partial charge in [0, 0.05) is 13.1 Å². The summed E-state index contributed by atoms with van der Waals surface area (Å²) in [4.78, 5) is 4.82. The Bertz CT molecular complexity index is 81.3. The summed E-state index contributed by atoms with van der Waals surface area (Å²) < 4.78 is 0. The molecular weight excluding hydrogens is 124 g/mol. The highest BCUT2D eigenvalue weighted by Crippen LogP contribution is 1.99. The molecule has 1 heterocycles. The van der Waals surface area contributed by atoms with Crippen molar-refractivity contribution in [2.24, 2.45) is 0 Å². The van der Waals surface area contributed by atoms with Crippen molar-refractivity contribution in [1.82, 2.24) is 9.80 Å². The van der Waals surface area contributed by atoms with Crippen molar-refractivity contribution in [2.75, 3.05) is 40.3 Å². The minimum atomic E-state index is 1.23. The highest BCUT2D eigenvalue weighted by molar-refractivity contribution is 4.61. The first-order chi connectivity index (χ1) is 4.79. The van der Waals surface area contributed by atoms with Gasteiger partial charge in [0.2, 0.25) is 0 Å². The topological polar surface area (TPSA) is 6.48 Å². The highest BCUT2D eigenvalue weighted by Gasteiger charge is 2.05. The van der Waals surface area contributed by atoms with Crippen LogP contribution in [0.15, 0.2) is 0 Å². The Morgan fingerprint density at radius 3 is 1.50 bits per heavy atom. The van der Waals surface area contributed by atoms with Crippen molar-refractivity contribution in [3.63, 3.8) is 0 Å². The summed E-state index contributed by atoms with van der Waals surface area (Å²) in [5.74, 6) is 0. The Morgan fingerprint density at radius 1 is 0.700 bits per heavy atom. The molecule has 0 atom stereocenters. The second-order valence-electron chi connectivity index (χ2n) is 3.31. The van der Waals surface area contributed by atoms with Crippen molar-refractivity contribution in [2.45, 2.75) is 12.8 Å². The molecule has 2 nitrogen and oxygen atoms in total.